The van der Waals surface area contributed by atoms with Gasteiger partial charge in [0.2, 0.25) is 0 Å². The van der Waals surface area contributed by atoms with Crippen molar-refractivity contribution in [3.8, 4) is 0 Å². The third-order valence-electron chi connectivity index (χ3n) is 4.33. The Hall–Kier alpha value is -0.860. The standard InChI is InChI=1S/C9H8O3/c10-8-6-3-1-2-4(6)5(2)7(3)9(11)12-8/h2-7H,1H2. The summed E-state index contributed by atoms with van der Waals surface area (Å²) in [5, 5.41) is 0. The molecule has 3 nitrogen and oxygen atoms in total. The fourth-order valence-electron chi connectivity index (χ4n) is 4.05. The molecule has 3 heteroatoms. The predicted molar refractivity (Wildman–Crippen MR) is 36.7 cm³/mol. The lowest BCUT2D eigenvalue weighted by molar-refractivity contribution is -0.172. The minimum absolute atomic E-state index is 0.114. The van der Waals surface area contributed by atoms with Gasteiger partial charge >= 0.3 is 11.9 Å². The Bertz CT molecular complexity index is 294. The van der Waals surface area contributed by atoms with Crippen LogP contribution in [0.1, 0.15) is 6.42 Å². The molecule has 5 aliphatic rings. The van der Waals surface area contributed by atoms with Gasteiger partial charge in [-0.3, -0.25) is 9.59 Å². The predicted octanol–water partition coefficient (Wildman–Crippen LogP) is 0.198. The number of rotatable bonds is 0. The van der Waals surface area contributed by atoms with Crippen molar-refractivity contribution in [3.63, 3.8) is 0 Å². The van der Waals surface area contributed by atoms with E-state index in [9.17, 15) is 9.59 Å². The summed E-state index contributed by atoms with van der Waals surface area (Å²) < 4.78 is 4.69. The number of cyclic esters (lactones) is 2. The Morgan fingerprint density at radius 3 is 2.08 bits per heavy atom. The third-order valence-corrected chi connectivity index (χ3v) is 4.33. The molecule has 12 heavy (non-hydrogen) atoms. The van der Waals surface area contributed by atoms with E-state index in [1.165, 1.54) is 0 Å². The molecule has 0 spiro atoms. The van der Waals surface area contributed by atoms with Crippen LogP contribution < -0.4 is 0 Å². The Balaban J connectivity index is 1.93. The molecule has 6 bridgehead atoms. The maximum atomic E-state index is 11.3. The van der Waals surface area contributed by atoms with Crippen molar-refractivity contribution in [2.45, 2.75) is 6.42 Å². The summed E-state index contributed by atoms with van der Waals surface area (Å²) in [5.41, 5.74) is 0. The molecule has 1 heterocycles. The van der Waals surface area contributed by atoms with Gasteiger partial charge in [-0.25, -0.2) is 0 Å². The molecule has 1 saturated heterocycles. The summed E-state index contributed by atoms with van der Waals surface area (Å²) in [6, 6.07) is 0. The van der Waals surface area contributed by atoms with E-state index in [1.807, 2.05) is 0 Å². The molecule has 5 fully saturated rings. The number of esters is 2. The molecule has 0 aromatic carbocycles. The highest BCUT2D eigenvalue weighted by atomic mass is 16.6. The summed E-state index contributed by atoms with van der Waals surface area (Å²) in [7, 11) is 0. The SMILES string of the molecule is O=C1OC(=O)C2C3CC4C(C13)C42. The molecule has 0 aromatic rings. The molecule has 62 valence electrons. The molecule has 0 aromatic heterocycles. The molecule has 4 unspecified atom stereocenters. The van der Waals surface area contributed by atoms with Crippen LogP contribution in [0.3, 0.4) is 0 Å². The van der Waals surface area contributed by atoms with E-state index in [1.54, 1.807) is 0 Å². The molecule has 1 aliphatic heterocycles. The highest BCUT2D eigenvalue weighted by molar-refractivity contribution is 5.95. The minimum atomic E-state index is -0.228. The van der Waals surface area contributed by atoms with E-state index >= 15 is 0 Å². The van der Waals surface area contributed by atoms with Gasteiger partial charge in [0.25, 0.3) is 0 Å². The van der Waals surface area contributed by atoms with Gasteiger partial charge in [-0.1, -0.05) is 0 Å². The highest BCUT2D eigenvalue weighted by Crippen LogP contribution is 2.77. The maximum absolute atomic E-state index is 11.3. The second kappa shape index (κ2) is 1.34. The number of carbonyl (C=O) groups excluding carboxylic acids is 2. The maximum Gasteiger partial charge on any atom is 0.317 e. The molecule has 0 radical (unpaired) electrons. The lowest BCUT2D eigenvalue weighted by atomic mass is 9.89. The van der Waals surface area contributed by atoms with Gasteiger partial charge in [0, 0.05) is 0 Å². The van der Waals surface area contributed by atoms with Gasteiger partial charge in [0.15, 0.2) is 0 Å². The van der Waals surface area contributed by atoms with Gasteiger partial charge in [-0.05, 0) is 30.1 Å². The fraction of sp³-hybridized carbons (Fsp3) is 0.778. The van der Waals surface area contributed by atoms with E-state index in [-0.39, 0.29) is 23.8 Å². The monoisotopic (exact) mass is 164 g/mol. The Kier molecular flexibility index (Phi) is 0.640. The Labute approximate surface area is 69.1 Å². The van der Waals surface area contributed by atoms with Crippen LogP contribution in [0.15, 0.2) is 0 Å². The lowest BCUT2D eigenvalue weighted by Crippen LogP contribution is -2.36. The van der Waals surface area contributed by atoms with Crippen LogP contribution in [-0.2, 0) is 14.3 Å². The largest absolute Gasteiger partial charge is 0.393 e. The van der Waals surface area contributed by atoms with E-state index in [0.29, 0.717) is 23.7 Å². The normalized spacial score (nSPS) is 63.7. The average Bonchev–Trinajstić information content (AvgIpc) is 2.48. The van der Waals surface area contributed by atoms with Gasteiger partial charge in [0.05, 0.1) is 11.8 Å². The third kappa shape index (κ3) is 0.358. The quantitative estimate of drug-likeness (QED) is 0.379. The summed E-state index contributed by atoms with van der Waals surface area (Å²) >= 11 is 0. The van der Waals surface area contributed by atoms with Crippen LogP contribution in [0.5, 0.6) is 0 Å². The Morgan fingerprint density at radius 2 is 1.58 bits per heavy atom. The van der Waals surface area contributed by atoms with Crippen molar-refractivity contribution < 1.29 is 14.3 Å². The van der Waals surface area contributed by atoms with Crippen LogP contribution in [-0.4, -0.2) is 11.9 Å². The van der Waals surface area contributed by atoms with Crippen LogP contribution >= 0.6 is 0 Å². The van der Waals surface area contributed by atoms with Gasteiger partial charge in [0.1, 0.15) is 0 Å². The van der Waals surface area contributed by atoms with E-state index in [2.05, 4.69) is 0 Å². The van der Waals surface area contributed by atoms with Gasteiger partial charge in [-0.2, -0.15) is 0 Å². The molecule has 4 atom stereocenters. The second-order valence-electron chi connectivity index (χ2n) is 4.51. The topological polar surface area (TPSA) is 43.4 Å². The lowest BCUT2D eigenvalue weighted by Gasteiger charge is -2.23. The first-order valence-corrected chi connectivity index (χ1v) is 4.54. The van der Waals surface area contributed by atoms with Crippen molar-refractivity contribution in [1.29, 1.82) is 0 Å². The van der Waals surface area contributed by atoms with Gasteiger partial charge < -0.3 is 4.74 Å². The first kappa shape index (κ1) is 5.73. The molecule has 4 aliphatic carbocycles. The van der Waals surface area contributed by atoms with Crippen molar-refractivity contribution in [1.82, 2.24) is 0 Å². The zero-order valence-corrected chi connectivity index (χ0v) is 6.40. The molecular formula is C9H8O3. The number of hydrogen-bond acceptors (Lipinski definition) is 3. The fourth-order valence-corrected chi connectivity index (χ4v) is 4.05. The summed E-state index contributed by atoms with van der Waals surface area (Å²) in [4.78, 5) is 22.6. The minimum Gasteiger partial charge on any atom is -0.393 e. The first-order valence-electron chi connectivity index (χ1n) is 4.54. The zero-order valence-electron chi connectivity index (χ0n) is 6.40. The number of carbonyl (C=O) groups is 2. The highest BCUT2D eigenvalue weighted by Gasteiger charge is 2.79. The molecule has 5 rings (SSSR count). The molecule has 0 N–H and O–H groups in total. The first-order chi connectivity index (χ1) is 5.79. The van der Waals surface area contributed by atoms with Crippen LogP contribution in [0.25, 0.3) is 0 Å². The molecule has 0 amide bonds. The summed E-state index contributed by atoms with van der Waals surface area (Å²) in [6.07, 6.45) is 1.12. The van der Waals surface area contributed by atoms with Gasteiger partial charge in [-0.15, -0.1) is 0 Å². The van der Waals surface area contributed by atoms with E-state index < -0.39 is 0 Å². The zero-order chi connectivity index (χ0) is 8.03. The Morgan fingerprint density at radius 1 is 1.00 bits per heavy atom. The molecular weight excluding hydrogens is 156 g/mol. The number of ether oxygens (including phenoxy) is 1. The summed E-state index contributed by atoms with van der Waals surface area (Å²) in [6.45, 7) is 0. The van der Waals surface area contributed by atoms with Crippen molar-refractivity contribution in [3.05, 3.63) is 0 Å². The number of hydrogen-bond donors (Lipinski definition) is 0. The van der Waals surface area contributed by atoms with Crippen LogP contribution in [0, 0.1) is 35.5 Å². The molecule has 4 saturated carbocycles. The van der Waals surface area contributed by atoms with Crippen molar-refractivity contribution in [2.24, 2.45) is 35.5 Å². The summed E-state index contributed by atoms with van der Waals surface area (Å²) in [5.74, 6) is 1.94. The van der Waals surface area contributed by atoms with Crippen LogP contribution in [0.4, 0.5) is 0 Å². The van der Waals surface area contributed by atoms with E-state index in [0.717, 1.165) is 6.42 Å². The van der Waals surface area contributed by atoms with Crippen LogP contribution in [0.2, 0.25) is 0 Å². The second-order valence-corrected chi connectivity index (χ2v) is 4.51. The van der Waals surface area contributed by atoms with E-state index in [4.69, 9.17) is 4.74 Å². The average molecular weight is 164 g/mol. The van der Waals surface area contributed by atoms with Crippen molar-refractivity contribution in [2.75, 3.05) is 0 Å². The smallest absolute Gasteiger partial charge is 0.317 e. The van der Waals surface area contributed by atoms with Crippen molar-refractivity contribution >= 4 is 11.9 Å².